The first-order valence-corrected chi connectivity index (χ1v) is 19.0. The predicted octanol–water partition coefficient (Wildman–Crippen LogP) is 5.46. The number of carbonyl (C=O) groups excluding carboxylic acids is 5. The molecule has 6 unspecified atom stereocenters. The molecular formula is C40H45N5O5S2. The van der Waals surface area contributed by atoms with E-state index in [9.17, 15) is 24.0 Å². The van der Waals surface area contributed by atoms with Crippen LogP contribution in [0.15, 0.2) is 72.3 Å². The maximum absolute atomic E-state index is 14.6. The van der Waals surface area contributed by atoms with Gasteiger partial charge in [-0.15, -0.1) is 0 Å². The summed E-state index contributed by atoms with van der Waals surface area (Å²) < 4.78 is 0. The van der Waals surface area contributed by atoms with Crippen LogP contribution in [0.1, 0.15) is 86.9 Å². The van der Waals surface area contributed by atoms with Gasteiger partial charge in [0.2, 0.25) is 17.7 Å². The average Bonchev–Trinajstić information content (AvgIpc) is 3.42. The van der Waals surface area contributed by atoms with Gasteiger partial charge < -0.3 is 0 Å². The van der Waals surface area contributed by atoms with E-state index in [0.29, 0.717) is 30.4 Å². The largest absolute Gasteiger partial charge is 0.298 e. The van der Waals surface area contributed by atoms with Crippen LogP contribution in [0.25, 0.3) is 0 Å². The van der Waals surface area contributed by atoms with E-state index in [4.69, 9.17) is 24.4 Å². The first-order chi connectivity index (χ1) is 24.7. The first-order valence-electron chi connectivity index (χ1n) is 18.2. The number of likely N-dealkylation sites (tertiary alicyclic amines) is 1. The summed E-state index contributed by atoms with van der Waals surface area (Å²) in [4.78, 5) is 69.7. The monoisotopic (exact) mass is 739 g/mol. The van der Waals surface area contributed by atoms with Crippen LogP contribution >= 0.6 is 24.4 Å². The van der Waals surface area contributed by atoms with Crippen molar-refractivity contribution in [1.29, 1.82) is 0 Å². The van der Waals surface area contributed by atoms with Crippen LogP contribution in [-0.2, 0) is 14.4 Å². The van der Waals surface area contributed by atoms with Crippen molar-refractivity contribution in [3.63, 3.8) is 0 Å². The second kappa shape index (κ2) is 13.3. The third-order valence-electron chi connectivity index (χ3n) is 13.2. The Hall–Kier alpha value is -4.29. The molecule has 5 amide bonds. The van der Waals surface area contributed by atoms with Gasteiger partial charge in [-0.2, -0.15) is 0 Å². The molecule has 2 aromatic rings. The Bertz CT molecular complexity index is 1900. The van der Waals surface area contributed by atoms with Gasteiger partial charge in [-0.1, -0.05) is 82.2 Å². The van der Waals surface area contributed by atoms with E-state index < -0.39 is 28.6 Å². The number of hydrogen-bond acceptors (Lipinski definition) is 7. The molecule has 0 aromatic heterocycles. The van der Waals surface area contributed by atoms with Crippen LogP contribution in [0.5, 0.6) is 0 Å². The number of fused-ring (bicyclic) bond motifs is 1. The van der Waals surface area contributed by atoms with E-state index >= 15 is 0 Å². The molecule has 2 aromatic carbocycles. The summed E-state index contributed by atoms with van der Waals surface area (Å²) in [6, 6.07) is 17.3. The Morgan fingerprint density at radius 3 is 2.04 bits per heavy atom. The van der Waals surface area contributed by atoms with Gasteiger partial charge in [-0.3, -0.25) is 45.5 Å². The lowest BCUT2D eigenvalue weighted by Gasteiger charge is -2.68. The topological polar surface area (TPSA) is 137 Å². The number of nitrogens with zero attached hydrogens (tertiary/aromatic N) is 1. The Kier molecular flexibility index (Phi) is 9.22. The number of hydrazine groups is 1. The van der Waals surface area contributed by atoms with Crippen LogP contribution in [0.3, 0.4) is 0 Å². The maximum Gasteiger partial charge on any atom is 0.257 e. The summed E-state index contributed by atoms with van der Waals surface area (Å²) in [6.45, 7) is 8.60. The molecule has 4 N–H and O–H groups in total. The molecule has 8 rings (SSSR count). The molecule has 52 heavy (non-hydrogen) atoms. The highest BCUT2D eigenvalue weighted by Gasteiger charge is 2.73. The molecule has 272 valence electrons. The van der Waals surface area contributed by atoms with Gasteiger partial charge in [-0.05, 0) is 110 Å². The van der Waals surface area contributed by atoms with Crippen LogP contribution in [0, 0.1) is 51.8 Å². The highest BCUT2D eigenvalue weighted by molar-refractivity contribution is 7.80. The second-order valence-electron chi connectivity index (χ2n) is 16.0. The van der Waals surface area contributed by atoms with E-state index in [1.807, 2.05) is 13.0 Å². The molecule has 12 heteroatoms. The van der Waals surface area contributed by atoms with Crippen molar-refractivity contribution in [2.75, 3.05) is 0 Å². The van der Waals surface area contributed by atoms with Crippen LogP contribution in [0.4, 0.5) is 0 Å². The SMILES string of the molecule is CC(C)C1=CC23CCC4[C@](C)(CCC[C@@]4(C)C(=O)NNC(=S)NC(=O)c4ccccc4)C2CC1C1C(=O)N(C(=S)NC(=O)c2ccccc2)C(=O)C13. The van der Waals surface area contributed by atoms with Crippen molar-refractivity contribution < 1.29 is 24.0 Å². The quantitative estimate of drug-likeness (QED) is 0.141. The van der Waals surface area contributed by atoms with E-state index in [2.05, 4.69) is 48.3 Å². The molecule has 0 radical (unpaired) electrons. The van der Waals surface area contributed by atoms with Crippen molar-refractivity contribution in [2.24, 2.45) is 51.8 Å². The zero-order chi connectivity index (χ0) is 37.2. The summed E-state index contributed by atoms with van der Waals surface area (Å²) in [5.41, 5.74) is 5.99. The van der Waals surface area contributed by atoms with Gasteiger partial charge in [0, 0.05) is 16.5 Å². The number of nitrogens with one attached hydrogen (secondary N) is 4. The molecule has 10 nitrogen and oxygen atoms in total. The third kappa shape index (κ3) is 5.60. The molecule has 1 heterocycles. The van der Waals surface area contributed by atoms with Crippen molar-refractivity contribution in [2.45, 2.75) is 66.2 Å². The zero-order valence-corrected chi connectivity index (χ0v) is 31.5. The summed E-state index contributed by atoms with van der Waals surface area (Å²) in [5.74, 6) is -2.74. The standard InChI is InChI=1S/C40H45N5O5S2/c1-22(2)26-21-40-19-16-27-38(3,17-11-18-39(27,4)35(50)43-44-36(51)41-31(46)23-12-7-5-8-13-23)28(40)20-25(26)29-30(40)34(49)45(33(29)48)37(52)42-32(47)24-14-9-6-10-15-24/h5-10,12-15,21-22,25,27-30H,11,16-20H2,1-4H3,(H,43,50)(H,42,47,52)(H2,41,44,46,51)/t25?,27?,28?,29?,30?,38-,39+,40?/m0/s1. The molecule has 1 spiro atoms. The fourth-order valence-electron chi connectivity index (χ4n) is 11.0. The molecule has 1 aliphatic heterocycles. The minimum absolute atomic E-state index is 0.000736. The molecule has 2 bridgehead atoms. The number of imide groups is 1. The number of amides is 5. The molecule has 8 atom stereocenters. The fourth-order valence-corrected chi connectivity index (χ4v) is 11.5. The van der Waals surface area contributed by atoms with Gasteiger partial charge in [0.1, 0.15) is 0 Å². The Labute approximate surface area is 314 Å². The minimum Gasteiger partial charge on any atom is -0.298 e. The highest BCUT2D eigenvalue weighted by atomic mass is 32.1. The number of rotatable bonds is 4. The second-order valence-corrected chi connectivity index (χ2v) is 16.8. The molecular weight excluding hydrogens is 695 g/mol. The smallest absolute Gasteiger partial charge is 0.257 e. The van der Waals surface area contributed by atoms with E-state index in [1.165, 1.54) is 5.57 Å². The van der Waals surface area contributed by atoms with E-state index in [-0.39, 0.29) is 62.9 Å². The number of carbonyl (C=O) groups is 5. The fraction of sp³-hybridized carbons (Fsp3) is 0.475. The first kappa shape index (κ1) is 36.1. The van der Waals surface area contributed by atoms with Crippen LogP contribution < -0.4 is 21.5 Å². The van der Waals surface area contributed by atoms with E-state index in [0.717, 1.165) is 24.2 Å². The molecule has 6 aliphatic rings. The van der Waals surface area contributed by atoms with Gasteiger partial charge in [-0.25, -0.2) is 4.90 Å². The van der Waals surface area contributed by atoms with Crippen molar-refractivity contribution >= 4 is 64.2 Å². The zero-order valence-electron chi connectivity index (χ0n) is 29.9. The van der Waals surface area contributed by atoms with Gasteiger partial charge in [0.15, 0.2) is 10.2 Å². The Morgan fingerprint density at radius 2 is 1.42 bits per heavy atom. The number of hydrogen-bond donors (Lipinski definition) is 4. The van der Waals surface area contributed by atoms with Crippen molar-refractivity contribution in [1.82, 2.24) is 26.4 Å². The predicted molar refractivity (Wildman–Crippen MR) is 203 cm³/mol. The third-order valence-corrected chi connectivity index (χ3v) is 13.7. The summed E-state index contributed by atoms with van der Waals surface area (Å²) in [6.07, 6.45) is 6.86. The number of benzene rings is 2. The summed E-state index contributed by atoms with van der Waals surface area (Å²) in [7, 11) is 0. The van der Waals surface area contributed by atoms with Gasteiger partial charge in [0.25, 0.3) is 11.8 Å². The van der Waals surface area contributed by atoms with Crippen molar-refractivity contribution in [3.05, 3.63) is 83.4 Å². The normalized spacial score (nSPS) is 32.9. The van der Waals surface area contributed by atoms with E-state index in [1.54, 1.807) is 54.6 Å². The highest BCUT2D eigenvalue weighted by Crippen LogP contribution is 2.74. The molecule has 1 saturated heterocycles. The Morgan fingerprint density at radius 1 is 0.808 bits per heavy atom. The summed E-state index contributed by atoms with van der Waals surface area (Å²) in [5, 5.41) is 5.10. The number of thiocarbonyl (C=S) groups is 2. The Balaban J connectivity index is 1.13. The van der Waals surface area contributed by atoms with Crippen LogP contribution in [0.2, 0.25) is 0 Å². The molecule has 3 saturated carbocycles. The van der Waals surface area contributed by atoms with Gasteiger partial charge >= 0.3 is 0 Å². The molecule has 4 fully saturated rings. The maximum atomic E-state index is 14.6. The average molecular weight is 740 g/mol. The molecule has 5 aliphatic carbocycles. The van der Waals surface area contributed by atoms with Crippen molar-refractivity contribution in [3.8, 4) is 0 Å². The number of allylic oxidation sites excluding steroid dienone is 2. The summed E-state index contributed by atoms with van der Waals surface area (Å²) >= 11 is 11.0. The minimum atomic E-state index is -0.744. The van der Waals surface area contributed by atoms with Gasteiger partial charge in [0.05, 0.1) is 17.3 Å². The lowest BCUT2D eigenvalue weighted by molar-refractivity contribution is -0.187. The lowest BCUT2D eigenvalue weighted by Crippen LogP contribution is -2.66. The lowest BCUT2D eigenvalue weighted by atomic mass is 9.34. The van der Waals surface area contributed by atoms with Crippen LogP contribution in [-0.4, -0.2) is 44.7 Å².